The zero-order valence-electron chi connectivity index (χ0n) is 15.5. The number of hydrogen-bond donors (Lipinski definition) is 2. The fourth-order valence-electron chi connectivity index (χ4n) is 2.82. The first-order chi connectivity index (χ1) is 13.5. The van der Waals surface area contributed by atoms with Crippen molar-refractivity contribution in [2.24, 2.45) is 4.99 Å². The fraction of sp³-hybridized carbons (Fsp3) is 0.250. The lowest BCUT2D eigenvalue weighted by Gasteiger charge is -2.22. The number of carbonyl (C=O) groups is 2. The molecule has 8 heteroatoms. The van der Waals surface area contributed by atoms with Gasteiger partial charge < -0.3 is 9.47 Å². The number of halogens is 1. The van der Waals surface area contributed by atoms with E-state index in [4.69, 9.17) is 21.1 Å². The monoisotopic (exact) mass is 401 g/mol. The summed E-state index contributed by atoms with van der Waals surface area (Å²) in [5.74, 6) is 0.623. The summed E-state index contributed by atoms with van der Waals surface area (Å²) in [5.41, 5.74) is 1.15. The van der Waals surface area contributed by atoms with Crippen LogP contribution in [0.3, 0.4) is 0 Å². The van der Waals surface area contributed by atoms with Crippen molar-refractivity contribution in [3.05, 3.63) is 58.6 Å². The number of aliphatic imine (C=N–C) groups is 1. The highest BCUT2D eigenvalue weighted by atomic mass is 35.5. The van der Waals surface area contributed by atoms with Crippen LogP contribution in [0.5, 0.6) is 11.5 Å². The number of nitrogens with one attached hydrogen (secondary N) is 2. The Kier molecular flexibility index (Phi) is 6.16. The third-order valence-corrected chi connectivity index (χ3v) is 4.35. The van der Waals surface area contributed by atoms with Gasteiger partial charge >= 0.3 is 0 Å². The first-order valence-electron chi connectivity index (χ1n) is 8.75. The number of hydrogen-bond acceptors (Lipinski definition) is 5. The van der Waals surface area contributed by atoms with Crippen LogP contribution in [0.1, 0.15) is 35.3 Å². The average molecular weight is 402 g/mol. The number of ether oxygens (including phenoxy) is 2. The summed E-state index contributed by atoms with van der Waals surface area (Å²) in [5, 5.41) is 5.65. The number of rotatable bonds is 5. The van der Waals surface area contributed by atoms with Crippen LogP contribution in [-0.2, 0) is 4.79 Å². The van der Waals surface area contributed by atoms with Gasteiger partial charge in [-0.2, -0.15) is 0 Å². The van der Waals surface area contributed by atoms with Gasteiger partial charge in [-0.25, -0.2) is 4.99 Å². The molecule has 146 valence electrons. The van der Waals surface area contributed by atoms with Gasteiger partial charge in [0, 0.05) is 10.6 Å². The fourth-order valence-corrected chi connectivity index (χ4v) is 3.01. The molecule has 0 aromatic heterocycles. The van der Waals surface area contributed by atoms with E-state index in [1.165, 1.54) is 6.07 Å². The van der Waals surface area contributed by atoms with Crippen LogP contribution in [0.25, 0.3) is 0 Å². The van der Waals surface area contributed by atoms with Crippen molar-refractivity contribution >= 4 is 29.4 Å². The summed E-state index contributed by atoms with van der Waals surface area (Å²) in [4.78, 5) is 29.0. The molecule has 0 saturated carbocycles. The molecule has 1 aliphatic rings. The van der Waals surface area contributed by atoms with E-state index in [0.29, 0.717) is 28.7 Å². The zero-order chi connectivity index (χ0) is 20.1. The van der Waals surface area contributed by atoms with Gasteiger partial charge in [-0.3, -0.25) is 20.2 Å². The van der Waals surface area contributed by atoms with Crippen molar-refractivity contribution in [1.82, 2.24) is 10.6 Å². The standard InChI is InChI=1S/C20H20ClN3O4/c1-3-28-16-8-7-12(10-17(16)27-2)15-11-18(25)23-20(22-15)24-19(26)13-5-4-6-14(21)9-13/h4-10,15H,3,11H2,1-2H3,(H2,22,23,24,25,26)/t15-/m0/s1. The Balaban J connectivity index is 1.82. The summed E-state index contributed by atoms with van der Waals surface area (Å²) in [6.07, 6.45) is 0.160. The molecule has 0 radical (unpaired) electrons. The SMILES string of the molecule is CCOc1ccc([C@@H]2CC(=O)NC(NC(=O)c3cccc(Cl)c3)=N2)cc1OC. The molecule has 2 aromatic rings. The molecule has 28 heavy (non-hydrogen) atoms. The van der Waals surface area contributed by atoms with Gasteiger partial charge in [0.05, 0.1) is 26.2 Å². The van der Waals surface area contributed by atoms with Crippen molar-refractivity contribution in [3.8, 4) is 11.5 Å². The maximum atomic E-state index is 12.4. The summed E-state index contributed by atoms with van der Waals surface area (Å²) < 4.78 is 10.9. The van der Waals surface area contributed by atoms with Crippen molar-refractivity contribution in [1.29, 1.82) is 0 Å². The summed E-state index contributed by atoms with van der Waals surface area (Å²) in [6, 6.07) is 11.5. The Morgan fingerprint density at radius 3 is 2.82 bits per heavy atom. The van der Waals surface area contributed by atoms with Crippen molar-refractivity contribution in [2.75, 3.05) is 13.7 Å². The topological polar surface area (TPSA) is 89.0 Å². The smallest absolute Gasteiger partial charge is 0.258 e. The molecule has 2 aromatic carbocycles. The van der Waals surface area contributed by atoms with Crippen LogP contribution in [0, 0.1) is 0 Å². The third kappa shape index (κ3) is 4.61. The van der Waals surface area contributed by atoms with Crippen molar-refractivity contribution in [3.63, 3.8) is 0 Å². The molecule has 2 N–H and O–H groups in total. The first kappa shape index (κ1) is 19.7. The van der Waals surface area contributed by atoms with Gasteiger partial charge in [-0.1, -0.05) is 23.7 Å². The molecule has 0 fully saturated rings. The van der Waals surface area contributed by atoms with Crippen molar-refractivity contribution < 1.29 is 19.1 Å². The van der Waals surface area contributed by atoms with Gasteiger partial charge in [-0.15, -0.1) is 0 Å². The lowest BCUT2D eigenvalue weighted by atomic mass is 10.0. The number of carbonyl (C=O) groups excluding carboxylic acids is 2. The quantitative estimate of drug-likeness (QED) is 0.805. The molecule has 2 amide bonds. The number of amides is 2. The van der Waals surface area contributed by atoms with Gasteiger partial charge in [0.25, 0.3) is 5.91 Å². The van der Waals surface area contributed by atoms with E-state index in [1.54, 1.807) is 37.4 Å². The Hall–Kier alpha value is -3.06. The van der Waals surface area contributed by atoms with E-state index in [0.717, 1.165) is 5.56 Å². The molecule has 0 unspecified atom stereocenters. The second-order valence-corrected chi connectivity index (χ2v) is 6.49. The predicted octanol–water partition coefficient (Wildman–Crippen LogP) is 3.09. The van der Waals surface area contributed by atoms with Crippen LogP contribution in [0.15, 0.2) is 47.5 Å². The molecule has 1 atom stereocenters. The maximum absolute atomic E-state index is 12.4. The number of methoxy groups -OCH3 is 1. The van der Waals surface area contributed by atoms with Gasteiger partial charge in [0.15, 0.2) is 11.5 Å². The zero-order valence-corrected chi connectivity index (χ0v) is 16.2. The minimum absolute atomic E-state index is 0.0964. The highest BCUT2D eigenvalue weighted by molar-refractivity contribution is 6.31. The highest BCUT2D eigenvalue weighted by Crippen LogP contribution is 2.33. The van der Waals surface area contributed by atoms with Crippen molar-refractivity contribution in [2.45, 2.75) is 19.4 Å². The van der Waals surface area contributed by atoms with E-state index in [1.807, 2.05) is 13.0 Å². The van der Waals surface area contributed by atoms with Gasteiger partial charge in [0.2, 0.25) is 11.9 Å². The largest absolute Gasteiger partial charge is 0.493 e. The second-order valence-electron chi connectivity index (χ2n) is 6.05. The summed E-state index contributed by atoms with van der Waals surface area (Å²) in [7, 11) is 1.55. The van der Waals surface area contributed by atoms with Crippen LogP contribution in [0.4, 0.5) is 0 Å². The molecule has 0 bridgehead atoms. The molecular weight excluding hydrogens is 382 g/mol. The maximum Gasteiger partial charge on any atom is 0.258 e. The van der Waals surface area contributed by atoms with E-state index >= 15 is 0 Å². The van der Waals surface area contributed by atoms with E-state index in [2.05, 4.69) is 15.6 Å². The Labute approximate surface area is 167 Å². The molecule has 0 saturated heterocycles. The molecule has 3 rings (SSSR count). The molecular formula is C20H20ClN3O4. The number of benzene rings is 2. The molecule has 1 heterocycles. The summed E-state index contributed by atoms with van der Waals surface area (Å²) >= 11 is 5.92. The van der Waals surface area contributed by atoms with Gasteiger partial charge in [-0.05, 0) is 42.8 Å². The number of guanidine groups is 1. The lowest BCUT2D eigenvalue weighted by Crippen LogP contribution is -2.47. The molecule has 1 aliphatic heterocycles. The molecule has 0 aliphatic carbocycles. The summed E-state index contributed by atoms with van der Waals surface area (Å²) in [6.45, 7) is 2.40. The highest BCUT2D eigenvalue weighted by Gasteiger charge is 2.24. The normalized spacial score (nSPS) is 16.0. The number of nitrogens with zero attached hydrogens (tertiary/aromatic N) is 1. The third-order valence-electron chi connectivity index (χ3n) is 4.11. The molecule has 0 spiro atoms. The predicted molar refractivity (Wildman–Crippen MR) is 106 cm³/mol. The Morgan fingerprint density at radius 2 is 2.11 bits per heavy atom. The average Bonchev–Trinajstić information content (AvgIpc) is 2.68. The second kappa shape index (κ2) is 8.75. The Morgan fingerprint density at radius 1 is 1.29 bits per heavy atom. The van der Waals surface area contributed by atoms with E-state index in [9.17, 15) is 9.59 Å². The van der Waals surface area contributed by atoms with Crippen LogP contribution in [0.2, 0.25) is 5.02 Å². The van der Waals surface area contributed by atoms with E-state index in [-0.39, 0.29) is 18.3 Å². The Bertz CT molecular complexity index is 929. The van der Waals surface area contributed by atoms with Crippen LogP contribution < -0.4 is 20.1 Å². The minimum atomic E-state index is -0.451. The van der Waals surface area contributed by atoms with E-state index < -0.39 is 11.9 Å². The van der Waals surface area contributed by atoms with Gasteiger partial charge in [0.1, 0.15) is 0 Å². The van der Waals surface area contributed by atoms with Crippen LogP contribution in [-0.4, -0.2) is 31.5 Å². The first-order valence-corrected chi connectivity index (χ1v) is 9.13. The lowest BCUT2D eigenvalue weighted by molar-refractivity contribution is -0.120. The minimum Gasteiger partial charge on any atom is -0.493 e. The molecule has 7 nitrogen and oxygen atoms in total. The van der Waals surface area contributed by atoms with Crippen LogP contribution >= 0.6 is 11.6 Å².